The maximum absolute atomic E-state index is 11.7. The van der Waals surface area contributed by atoms with Gasteiger partial charge in [0.1, 0.15) is 5.88 Å². The van der Waals surface area contributed by atoms with E-state index < -0.39 is 6.09 Å². The van der Waals surface area contributed by atoms with Gasteiger partial charge in [-0.2, -0.15) is 0 Å². The fourth-order valence-corrected chi connectivity index (χ4v) is 2.16. The number of hydrogen-bond donors (Lipinski definition) is 0. The molecule has 0 aromatic carbocycles. The van der Waals surface area contributed by atoms with E-state index >= 15 is 0 Å². The van der Waals surface area contributed by atoms with Crippen molar-refractivity contribution in [2.24, 2.45) is 5.92 Å². The number of carbonyl (C=O) groups is 2. The van der Waals surface area contributed by atoms with Crippen molar-refractivity contribution in [3.05, 3.63) is 11.5 Å². The monoisotopic (exact) mass is 355 g/mol. The number of piperazine rings is 1. The summed E-state index contributed by atoms with van der Waals surface area (Å²) in [5.41, 5.74) is 0. The first-order valence-electron chi connectivity index (χ1n) is 8.47. The minimum atomic E-state index is -0.698. The molecule has 1 aromatic rings. The lowest BCUT2D eigenvalue weighted by Gasteiger charge is -2.29. The minimum absolute atomic E-state index is 0.0713. The van der Waals surface area contributed by atoms with Crippen molar-refractivity contribution in [3.63, 3.8) is 0 Å². The quantitative estimate of drug-likeness (QED) is 0.713. The highest BCUT2D eigenvalue weighted by Crippen LogP contribution is 2.16. The molecule has 0 unspecified atom stereocenters. The normalized spacial score (nSPS) is 15.6. The number of amides is 2. The topological polar surface area (TPSA) is 103 Å². The molecular formula is C15H25N5O5. The largest absolute Gasteiger partial charge is 0.552 e. The van der Waals surface area contributed by atoms with E-state index in [9.17, 15) is 9.59 Å². The second-order valence-electron chi connectivity index (χ2n) is 5.80. The van der Waals surface area contributed by atoms with E-state index in [-0.39, 0.29) is 17.9 Å². The van der Waals surface area contributed by atoms with E-state index in [2.05, 4.69) is 10.6 Å². The van der Waals surface area contributed by atoms with Gasteiger partial charge in [0.25, 0.3) is 6.20 Å². The Balaban J connectivity index is 1.80. The van der Waals surface area contributed by atoms with Crippen LogP contribution in [0.15, 0.2) is 10.7 Å². The average Bonchev–Trinajstić information content (AvgIpc) is 3.08. The molecule has 0 saturated carbocycles. The first-order chi connectivity index (χ1) is 12.0. The van der Waals surface area contributed by atoms with Crippen molar-refractivity contribution in [1.29, 1.82) is 0 Å². The van der Waals surface area contributed by atoms with E-state index in [1.165, 1.54) is 11.0 Å². The molecule has 1 aromatic heterocycles. The molecule has 2 rings (SSSR count). The van der Waals surface area contributed by atoms with Gasteiger partial charge < -0.3 is 24.2 Å². The van der Waals surface area contributed by atoms with E-state index in [1.807, 2.05) is 18.9 Å². The van der Waals surface area contributed by atoms with Gasteiger partial charge in [0.2, 0.25) is 11.4 Å². The van der Waals surface area contributed by atoms with E-state index in [1.54, 1.807) is 11.8 Å². The van der Waals surface area contributed by atoms with Gasteiger partial charge in [0.05, 0.1) is 31.1 Å². The van der Waals surface area contributed by atoms with Gasteiger partial charge in [-0.1, -0.05) is 20.3 Å². The molecule has 1 aliphatic heterocycles. The Bertz CT molecular complexity index is 570. The highest BCUT2D eigenvalue weighted by Gasteiger charge is 2.27. The fourth-order valence-electron chi connectivity index (χ4n) is 2.16. The summed E-state index contributed by atoms with van der Waals surface area (Å²) in [4.78, 5) is 26.4. The summed E-state index contributed by atoms with van der Waals surface area (Å²) >= 11 is 0. The zero-order valence-electron chi connectivity index (χ0n) is 14.9. The lowest BCUT2D eigenvalue weighted by molar-refractivity contribution is -0.759. The van der Waals surface area contributed by atoms with Crippen LogP contribution in [0.5, 0.6) is 0 Å². The van der Waals surface area contributed by atoms with Crippen molar-refractivity contribution in [3.8, 4) is 0 Å². The summed E-state index contributed by atoms with van der Waals surface area (Å²) < 4.78 is 15.1. The van der Waals surface area contributed by atoms with Gasteiger partial charge >= 0.3 is 6.09 Å². The standard InChI is InChI=1S/C15H25N5O5/c1-4-12(3)11-24-14(21)16-13-10-20(17-25-13)19-8-6-18(7-9-19)15(22)23-5-2/h10,12H,4-9,11H2,1-3H3/t12-/m0/s1. The Labute approximate surface area is 146 Å². The molecule has 1 fully saturated rings. The minimum Gasteiger partial charge on any atom is -0.552 e. The van der Waals surface area contributed by atoms with E-state index in [0.717, 1.165) is 6.42 Å². The molecule has 0 radical (unpaired) electrons. The van der Waals surface area contributed by atoms with Gasteiger partial charge in [0.15, 0.2) is 0 Å². The van der Waals surface area contributed by atoms with Crippen LogP contribution in [-0.4, -0.2) is 61.8 Å². The van der Waals surface area contributed by atoms with Gasteiger partial charge in [-0.25, -0.2) is 4.79 Å². The molecule has 1 aliphatic rings. The van der Waals surface area contributed by atoms with E-state index in [0.29, 0.717) is 39.4 Å². The lowest BCUT2D eigenvalue weighted by Crippen LogP contribution is -2.65. The molecule has 0 spiro atoms. The predicted octanol–water partition coefficient (Wildman–Crippen LogP) is 1.56. The smallest absolute Gasteiger partial charge is 0.409 e. The highest BCUT2D eigenvalue weighted by molar-refractivity contribution is 5.88. The summed E-state index contributed by atoms with van der Waals surface area (Å²) in [6.45, 7) is 8.63. The zero-order valence-corrected chi connectivity index (χ0v) is 14.9. The number of aromatic nitrogens is 2. The zero-order chi connectivity index (χ0) is 18.2. The summed E-state index contributed by atoms with van der Waals surface area (Å²) in [7, 11) is 0. The first kappa shape index (κ1) is 18.8. The van der Waals surface area contributed by atoms with Gasteiger partial charge in [-0.15, -0.1) is 5.01 Å². The average molecular weight is 355 g/mol. The van der Waals surface area contributed by atoms with Crippen molar-refractivity contribution in [1.82, 2.24) is 10.2 Å². The summed E-state index contributed by atoms with van der Waals surface area (Å²) in [5, 5.41) is 9.45. The molecule has 2 amide bonds. The molecule has 0 N–H and O–H groups in total. The van der Waals surface area contributed by atoms with Crippen LogP contribution < -0.4 is 9.80 Å². The Hall–Kier alpha value is -2.52. The van der Waals surface area contributed by atoms with Crippen LogP contribution >= 0.6 is 0 Å². The van der Waals surface area contributed by atoms with E-state index in [4.69, 9.17) is 14.0 Å². The number of nitrogens with zero attached hydrogens (tertiary/aromatic N) is 5. The van der Waals surface area contributed by atoms with Gasteiger partial charge in [-0.05, 0) is 12.8 Å². The molecule has 25 heavy (non-hydrogen) atoms. The van der Waals surface area contributed by atoms with Gasteiger partial charge in [-0.3, -0.25) is 4.79 Å². The number of ether oxygens (including phenoxy) is 2. The van der Waals surface area contributed by atoms with Crippen LogP contribution in [0.3, 0.4) is 0 Å². The maximum Gasteiger partial charge on any atom is 0.409 e. The molecule has 1 atom stereocenters. The number of rotatable bonds is 6. The summed E-state index contributed by atoms with van der Waals surface area (Å²) in [6.07, 6.45) is 1.42. The van der Waals surface area contributed by atoms with Crippen LogP contribution in [0.2, 0.25) is 0 Å². The number of carbonyl (C=O) groups excluding carboxylic acids is 2. The highest BCUT2D eigenvalue weighted by atomic mass is 16.6. The van der Waals surface area contributed by atoms with Crippen molar-refractivity contribution in [2.45, 2.75) is 27.2 Å². The van der Waals surface area contributed by atoms with Crippen LogP contribution in [0, 0.1) is 5.92 Å². The lowest BCUT2D eigenvalue weighted by atomic mass is 10.1. The van der Waals surface area contributed by atoms with Crippen LogP contribution in [0.25, 0.3) is 5.32 Å². The summed E-state index contributed by atoms with van der Waals surface area (Å²) in [5.74, 6) is 0.358. The molecule has 0 bridgehead atoms. The molecule has 1 saturated heterocycles. The maximum atomic E-state index is 11.7. The Morgan fingerprint density at radius 3 is 2.68 bits per heavy atom. The Kier molecular flexibility index (Phi) is 6.84. The molecule has 0 aliphatic carbocycles. The first-order valence-corrected chi connectivity index (χ1v) is 8.47. The fraction of sp³-hybridized carbons (Fsp3) is 0.733. The molecule has 2 heterocycles. The number of hydrogen-bond acceptors (Lipinski definition) is 7. The second-order valence-corrected chi connectivity index (χ2v) is 5.80. The van der Waals surface area contributed by atoms with Crippen molar-refractivity contribution >= 4 is 18.1 Å². The Morgan fingerprint density at radius 1 is 1.32 bits per heavy atom. The van der Waals surface area contributed by atoms with Crippen LogP contribution in [0.1, 0.15) is 27.2 Å². The van der Waals surface area contributed by atoms with Crippen LogP contribution in [-0.2, 0) is 9.47 Å². The molecular weight excluding hydrogens is 330 g/mol. The van der Waals surface area contributed by atoms with Crippen LogP contribution in [0.4, 0.5) is 15.5 Å². The SMILES string of the molecule is CCOC(=O)N1CCN([n+]2cc([N-]C(=O)OC[C@@H](C)CC)on2)CC1. The second kappa shape index (κ2) is 9.09. The third-order valence-electron chi connectivity index (χ3n) is 3.91. The van der Waals surface area contributed by atoms with Crippen molar-refractivity contribution < 1.29 is 28.4 Å². The van der Waals surface area contributed by atoms with Crippen molar-refractivity contribution in [2.75, 3.05) is 44.4 Å². The molecule has 10 nitrogen and oxygen atoms in total. The molecule has 10 heteroatoms. The summed E-state index contributed by atoms with van der Waals surface area (Å²) in [6, 6.07) is 0. The van der Waals surface area contributed by atoms with Gasteiger partial charge in [0, 0.05) is 13.1 Å². The molecule has 140 valence electrons. The third-order valence-corrected chi connectivity index (χ3v) is 3.91. The third kappa shape index (κ3) is 5.50. The predicted molar refractivity (Wildman–Crippen MR) is 87.1 cm³/mol. The Morgan fingerprint density at radius 2 is 2.04 bits per heavy atom.